The van der Waals surface area contributed by atoms with E-state index in [4.69, 9.17) is 7.32 Å². The number of hydrogen-bond acceptors (Lipinski definition) is 3. The molecule has 0 rings (SSSR count). The molecule has 0 aliphatic heterocycles. The van der Waals surface area contributed by atoms with Crippen LogP contribution in [0.2, 0.25) is 0 Å². The van der Waals surface area contributed by atoms with Gasteiger partial charge in [-0.25, -0.2) is 0 Å². The molecule has 0 aromatic rings. The second-order valence-electron chi connectivity index (χ2n) is 3.75. The minimum atomic E-state index is -0.320. The van der Waals surface area contributed by atoms with E-state index in [-0.39, 0.29) is 17.0 Å². The third-order valence-corrected chi connectivity index (χ3v) is 3.01. The van der Waals surface area contributed by atoms with E-state index in [1.54, 1.807) is 0 Å². The fourth-order valence-electron chi connectivity index (χ4n) is 0.588. The van der Waals surface area contributed by atoms with Gasteiger partial charge in [-0.3, -0.25) is 0 Å². The van der Waals surface area contributed by atoms with E-state index in [2.05, 4.69) is 55.3 Å². The van der Waals surface area contributed by atoms with Gasteiger partial charge in [-0.1, -0.05) is 0 Å². The SMILES string of the molecule is CCC(C)C[O][V][O]CC(C)CC.ClOCl. The van der Waals surface area contributed by atoms with Crippen molar-refractivity contribution < 1.29 is 28.2 Å². The van der Waals surface area contributed by atoms with Crippen molar-refractivity contribution in [2.75, 3.05) is 13.2 Å². The van der Waals surface area contributed by atoms with Crippen molar-refractivity contribution in [1.29, 1.82) is 0 Å². The van der Waals surface area contributed by atoms with Crippen LogP contribution >= 0.6 is 23.7 Å². The third-order valence-electron chi connectivity index (χ3n) is 2.22. The molecular formula is C10H22Cl2O3V. The maximum atomic E-state index is 5.45. The molecule has 0 N–H and O–H groups in total. The van der Waals surface area contributed by atoms with Crippen LogP contribution in [0.25, 0.3) is 0 Å². The summed E-state index contributed by atoms with van der Waals surface area (Å²) in [5, 5.41) is 0. The Morgan fingerprint density at radius 1 is 0.938 bits per heavy atom. The molecule has 0 aromatic heterocycles. The Hall–Kier alpha value is 1.04. The first-order chi connectivity index (χ1) is 7.62. The molecule has 0 fully saturated rings. The van der Waals surface area contributed by atoms with Gasteiger partial charge >= 0.3 is 89.9 Å². The molecule has 0 bridgehead atoms. The monoisotopic (exact) mass is 311 g/mol. The molecule has 6 heteroatoms. The maximum Gasteiger partial charge on any atom is 0.0832 e. The number of hydrogen-bond donors (Lipinski definition) is 0. The van der Waals surface area contributed by atoms with E-state index in [0.29, 0.717) is 11.8 Å². The summed E-state index contributed by atoms with van der Waals surface area (Å²) in [5.74, 6) is 1.34. The first-order valence-corrected chi connectivity index (χ1v) is 7.21. The summed E-state index contributed by atoms with van der Waals surface area (Å²) in [4.78, 5) is 0. The van der Waals surface area contributed by atoms with E-state index >= 15 is 0 Å². The minimum absolute atomic E-state index is 0.320. The average molecular weight is 312 g/mol. The van der Waals surface area contributed by atoms with Gasteiger partial charge in [0.2, 0.25) is 0 Å². The molecule has 0 radical (unpaired) electrons. The van der Waals surface area contributed by atoms with Crippen molar-refractivity contribution in [3.8, 4) is 0 Å². The van der Waals surface area contributed by atoms with Crippen LogP contribution in [0, 0.1) is 11.8 Å². The van der Waals surface area contributed by atoms with Crippen LogP contribution < -0.4 is 0 Å². The van der Waals surface area contributed by atoms with Crippen molar-refractivity contribution in [3.05, 3.63) is 0 Å². The summed E-state index contributed by atoms with van der Waals surface area (Å²) in [6.07, 6.45) is 2.37. The van der Waals surface area contributed by atoms with Crippen LogP contribution in [-0.2, 0) is 28.2 Å². The molecule has 2 atom stereocenters. The van der Waals surface area contributed by atoms with Gasteiger partial charge in [0.25, 0.3) is 0 Å². The third kappa shape index (κ3) is 17.4. The van der Waals surface area contributed by atoms with Gasteiger partial charge < -0.3 is 0 Å². The Morgan fingerprint density at radius 2 is 1.25 bits per heavy atom. The van der Waals surface area contributed by atoms with Crippen LogP contribution in [0.3, 0.4) is 0 Å². The molecule has 0 saturated carbocycles. The molecule has 0 spiro atoms. The van der Waals surface area contributed by atoms with Crippen molar-refractivity contribution in [3.63, 3.8) is 0 Å². The zero-order chi connectivity index (χ0) is 12.8. The average Bonchev–Trinajstić information content (AvgIpc) is 2.29. The Labute approximate surface area is 117 Å². The standard InChI is InChI=1S/2C5H11O.Cl2O.V/c2*1-3-5(2)4-6;1-3-2;/h2*5H,3-4H2,1-2H3;;/q2*-1;;+2. The maximum absolute atomic E-state index is 5.45. The first kappa shape index (κ1) is 19.4. The second-order valence-corrected chi connectivity index (χ2v) is 5.26. The van der Waals surface area contributed by atoms with Crippen LogP contribution in [0.15, 0.2) is 0 Å². The minimum Gasteiger partial charge on any atom is -0.166 e. The molecule has 3 nitrogen and oxygen atoms in total. The number of halogens is 2. The van der Waals surface area contributed by atoms with Crippen molar-refractivity contribution in [1.82, 2.24) is 0 Å². The van der Waals surface area contributed by atoms with E-state index in [0.717, 1.165) is 13.2 Å². The zero-order valence-corrected chi connectivity index (χ0v) is 13.3. The van der Waals surface area contributed by atoms with Crippen molar-refractivity contribution in [2.45, 2.75) is 40.5 Å². The van der Waals surface area contributed by atoms with Gasteiger partial charge in [-0.15, -0.1) is 0 Å². The number of rotatable bonds is 8. The fraction of sp³-hybridized carbons (Fsp3) is 1.00. The Kier molecular flexibility index (Phi) is 19.4. The van der Waals surface area contributed by atoms with Gasteiger partial charge in [-0.05, 0) is 0 Å². The van der Waals surface area contributed by atoms with Gasteiger partial charge in [0, 0.05) is 0 Å². The van der Waals surface area contributed by atoms with Crippen molar-refractivity contribution in [2.24, 2.45) is 11.8 Å². The predicted molar refractivity (Wildman–Crippen MR) is 63.6 cm³/mol. The van der Waals surface area contributed by atoms with Crippen molar-refractivity contribution >= 4 is 23.7 Å². The van der Waals surface area contributed by atoms with E-state index in [1.807, 2.05) is 0 Å². The fourth-order valence-corrected chi connectivity index (χ4v) is 1.69. The molecule has 99 valence electrons. The Bertz CT molecular complexity index is 119. The summed E-state index contributed by atoms with van der Waals surface area (Å²) < 4.78 is 14.1. The molecule has 0 aliphatic rings. The van der Waals surface area contributed by atoms with Gasteiger partial charge in [-0.2, -0.15) is 3.84 Å². The summed E-state index contributed by atoms with van der Waals surface area (Å²) in [6.45, 7) is 10.5. The molecule has 2 unspecified atom stereocenters. The second kappa shape index (κ2) is 16.0. The first-order valence-electron chi connectivity index (χ1n) is 5.45. The molecule has 0 aromatic carbocycles. The largest absolute Gasteiger partial charge is 0.166 e. The predicted octanol–water partition coefficient (Wildman–Crippen LogP) is 4.33. The van der Waals surface area contributed by atoms with Gasteiger partial charge in [0.15, 0.2) is 0 Å². The van der Waals surface area contributed by atoms with Crippen LogP contribution in [0.5, 0.6) is 0 Å². The summed E-state index contributed by atoms with van der Waals surface area (Å²) in [6, 6.07) is 0. The molecule has 0 amide bonds. The van der Waals surface area contributed by atoms with Gasteiger partial charge in [0.05, 0.1) is 23.7 Å². The summed E-state index contributed by atoms with van der Waals surface area (Å²) >= 11 is 8.21. The van der Waals surface area contributed by atoms with Crippen LogP contribution in [0.4, 0.5) is 0 Å². The van der Waals surface area contributed by atoms with E-state index in [9.17, 15) is 0 Å². The van der Waals surface area contributed by atoms with Gasteiger partial charge in [0.1, 0.15) is 0 Å². The zero-order valence-electron chi connectivity index (χ0n) is 10.4. The molecule has 0 aliphatic carbocycles. The summed E-state index contributed by atoms with van der Waals surface area (Å²) in [5.41, 5.74) is 0. The Balaban J connectivity index is 0. The molecule has 0 saturated heterocycles. The molecule has 16 heavy (non-hydrogen) atoms. The summed E-state index contributed by atoms with van der Waals surface area (Å²) in [7, 11) is 0. The smallest absolute Gasteiger partial charge is 0.0832 e. The van der Waals surface area contributed by atoms with E-state index in [1.165, 1.54) is 12.8 Å². The van der Waals surface area contributed by atoms with Crippen LogP contribution in [0.1, 0.15) is 40.5 Å². The topological polar surface area (TPSA) is 27.7 Å². The molecular weight excluding hydrogens is 290 g/mol. The molecule has 0 heterocycles. The normalized spacial score (nSPS) is 13.6. The van der Waals surface area contributed by atoms with E-state index < -0.39 is 0 Å². The van der Waals surface area contributed by atoms with Crippen LogP contribution in [-0.4, -0.2) is 13.2 Å². The quantitative estimate of drug-likeness (QED) is 0.624. The Morgan fingerprint density at radius 3 is 1.50 bits per heavy atom.